The van der Waals surface area contributed by atoms with E-state index in [0.29, 0.717) is 11.1 Å². The van der Waals surface area contributed by atoms with Gasteiger partial charge in [-0.25, -0.2) is 12.8 Å². The van der Waals surface area contributed by atoms with Gasteiger partial charge in [0.25, 0.3) is 0 Å². The van der Waals surface area contributed by atoms with Crippen molar-refractivity contribution in [3.05, 3.63) is 65.0 Å². The highest BCUT2D eigenvalue weighted by atomic mass is 32.2. The number of nitrogens with zero attached hydrogens (tertiary/aromatic N) is 1. The average molecular weight is 304 g/mol. The molecule has 21 heavy (non-hydrogen) atoms. The van der Waals surface area contributed by atoms with Crippen LogP contribution in [-0.4, -0.2) is 8.42 Å². The maximum atomic E-state index is 13.4. The van der Waals surface area contributed by atoms with Gasteiger partial charge in [-0.05, 0) is 30.7 Å². The van der Waals surface area contributed by atoms with Gasteiger partial charge in [0.2, 0.25) is 10.0 Å². The van der Waals surface area contributed by atoms with E-state index in [0.717, 1.165) is 0 Å². The summed E-state index contributed by atoms with van der Waals surface area (Å²) in [4.78, 5) is 0. The van der Waals surface area contributed by atoms with Gasteiger partial charge in [0.05, 0.1) is 23.1 Å². The van der Waals surface area contributed by atoms with E-state index in [9.17, 15) is 12.8 Å². The molecular weight excluding hydrogens is 291 g/mol. The molecule has 2 aromatic carbocycles. The molecule has 0 unspecified atom stereocenters. The second kappa shape index (κ2) is 5.94. The molecule has 0 saturated heterocycles. The van der Waals surface area contributed by atoms with E-state index < -0.39 is 15.8 Å². The minimum atomic E-state index is -3.73. The topological polar surface area (TPSA) is 70.0 Å². The van der Waals surface area contributed by atoms with Gasteiger partial charge in [0, 0.05) is 5.56 Å². The number of nitriles is 1. The van der Waals surface area contributed by atoms with Crippen molar-refractivity contribution in [1.29, 1.82) is 5.26 Å². The zero-order valence-corrected chi connectivity index (χ0v) is 12.1. The van der Waals surface area contributed by atoms with E-state index in [-0.39, 0.29) is 17.0 Å². The summed E-state index contributed by atoms with van der Waals surface area (Å²) < 4.78 is 40.1. The predicted octanol–water partition coefficient (Wildman–Crippen LogP) is 2.95. The molecular formula is C15H13FN2O2S. The number of anilines is 1. The van der Waals surface area contributed by atoms with Crippen LogP contribution in [0.15, 0.2) is 42.5 Å². The van der Waals surface area contributed by atoms with Crippen molar-refractivity contribution in [2.45, 2.75) is 12.7 Å². The molecule has 4 nitrogen and oxygen atoms in total. The number of halogens is 1. The third kappa shape index (κ3) is 3.58. The molecule has 0 aliphatic rings. The SMILES string of the molecule is Cc1c(F)cccc1NS(=O)(=O)Cc1ccccc1C#N. The molecule has 1 N–H and O–H groups in total. The Bertz CT molecular complexity index is 811. The van der Waals surface area contributed by atoms with E-state index in [1.165, 1.54) is 25.1 Å². The fraction of sp³-hybridized carbons (Fsp3) is 0.133. The Kier molecular flexibility index (Phi) is 4.24. The molecule has 2 rings (SSSR count). The fourth-order valence-electron chi connectivity index (χ4n) is 1.88. The molecule has 0 amide bonds. The Hall–Kier alpha value is -2.39. The summed E-state index contributed by atoms with van der Waals surface area (Å²) >= 11 is 0. The molecule has 0 heterocycles. The van der Waals surface area contributed by atoms with Gasteiger partial charge in [-0.2, -0.15) is 5.26 Å². The quantitative estimate of drug-likeness (QED) is 0.944. The van der Waals surface area contributed by atoms with Gasteiger partial charge < -0.3 is 0 Å². The third-order valence-electron chi connectivity index (χ3n) is 3.02. The van der Waals surface area contributed by atoms with Crippen molar-refractivity contribution in [2.75, 3.05) is 4.72 Å². The first-order chi connectivity index (χ1) is 9.93. The lowest BCUT2D eigenvalue weighted by molar-refractivity contribution is 0.600. The number of rotatable bonds is 4. The van der Waals surface area contributed by atoms with Crippen LogP contribution < -0.4 is 4.72 Å². The summed E-state index contributed by atoms with van der Waals surface area (Å²) in [5.41, 5.74) is 1.14. The number of hydrogen-bond acceptors (Lipinski definition) is 3. The molecule has 0 aliphatic carbocycles. The Balaban J connectivity index is 2.28. The van der Waals surface area contributed by atoms with Crippen molar-refractivity contribution in [3.63, 3.8) is 0 Å². The van der Waals surface area contributed by atoms with Crippen LogP contribution in [0.25, 0.3) is 0 Å². The number of sulfonamides is 1. The number of benzene rings is 2. The van der Waals surface area contributed by atoms with Crippen LogP contribution >= 0.6 is 0 Å². The van der Waals surface area contributed by atoms with Crippen molar-refractivity contribution in [1.82, 2.24) is 0 Å². The second-order valence-corrected chi connectivity index (χ2v) is 6.26. The van der Waals surface area contributed by atoms with E-state index in [1.807, 2.05) is 6.07 Å². The van der Waals surface area contributed by atoms with E-state index in [4.69, 9.17) is 5.26 Å². The zero-order chi connectivity index (χ0) is 15.5. The zero-order valence-electron chi connectivity index (χ0n) is 11.3. The summed E-state index contributed by atoms with van der Waals surface area (Å²) in [6.07, 6.45) is 0. The minimum absolute atomic E-state index is 0.199. The minimum Gasteiger partial charge on any atom is -0.283 e. The Morgan fingerprint density at radius 1 is 1.19 bits per heavy atom. The average Bonchev–Trinajstić information content (AvgIpc) is 2.44. The van der Waals surface area contributed by atoms with Crippen LogP contribution in [0.1, 0.15) is 16.7 Å². The molecule has 0 spiro atoms. The highest BCUT2D eigenvalue weighted by Gasteiger charge is 2.16. The lowest BCUT2D eigenvalue weighted by Crippen LogP contribution is -2.16. The molecule has 108 valence electrons. The number of hydrogen-bond donors (Lipinski definition) is 1. The fourth-order valence-corrected chi connectivity index (χ4v) is 3.17. The summed E-state index contributed by atoms with van der Waals surface area (Å²) in [6.45, 7) is 1.50. The Labute approximate surface area is 122 Å². The Morgan fingerprint density at radius 3 is 2.62 bits per heavy atom. The molecule has 2 aromatic rings. The summed E-state index contributed by atoms with van der Waals surface area (Å²) in [6, 6.07) is 12.6. The summed E-state index contributed by atoms with van der Waals surface area (Å²) in [5.74, 6) is -0.820. The van der Waals surface area contributed by atoms with Crippen LogP contribution in [0.5, 0.6) is 0 Å². The predicted molar refractivity (Wildman–Crippen MR) is 78.5 cm³/mol. The molecule has 0 atom stereocenters. The van der Waals surface area contributed by atoms with Crippen LogP contribution in [-0.2, 0) is 15.8 Å². The molecule has 0 radical (unpaired) electrons. The van der Waals surface area contributed by atoms with Gasteiger partial charge in [-0.15, -0.1) is 0 Å². The van der Waals surface area contributed by atoms with E-state index >= 15 is 0 Å². The summed E-state index contributed by atoms with van der Waals surface area (Å²) in [7, 11) is -3.73. The van der Waals surface area contributed by atoms with Gasteiger partial charge in [-0.3, -0.25) is 4.72 Å². The molecule has 0 saturated carbocycles. The highest BCUT2D eigenvalue weighted by Crippen LogP contribution is 2.20. The third-order valence-corrected chi connectivity index (χ3v) is 4.24. The van der Waals surface area contributed by atoms with Crippen molar-refractivity contribution in [2.24, 2.45) is 0 Å². The monoisotopic (exact) mass is 304 g/mol. The largest absolute Gasteiger partial charge is 0.283 e. The maximum Gasteiger partial charge on any atom is 0.236 e. The van der Waals surface area contributed by atoms with Crippen molar-refractivity contribution in [3.8, 4) is 6.07 Å². The van der Waals surface area contributed by atoms with Crippen molar-refractivity contribution < 1.29 is 12.8 Å². The highest BCUT2D eigenvalue weighted by molar-refractivity contribution is 7.91. The molecule has 0 bridgehead atoms. The first-order valence-electron chi connectivity index (χ1n) is 6.16. The number of nitrogens with one attached hydrogen (secondary N) is 1. The van der Waals surface area contributed by atoms with Gasteiger partial charge in [-0.1, -0.05) is 24.3 Å². The van der Waals surface area contributed by atoms with Gasteiger partial charge in [0.1, 0.15) is 5.82 Å². The Morgan fingerprint density at radius 2 is 1.90 bits per heavy atom. The lowest BCUT2D eigenvalue weighted by atomic mass is 10.1. The lowest BCUT2D eigenvalue weighted by Gasteiger charge is -2.11. The van der Waals surface area contributed by atoms with Crippen LogP contribution in [0.3, 0.4) is 0 Å². The van der Waals surface area contributed by atoms with Crippen LogP contribution in [0.2, 0.25) is 0 Å². The molecule has 6 heteroatoms. The van der Waals surface area contributed by atoms with E-state index in [1.54, 1.807) is 24.3 Å². The molecule has 0 aromatic heterocycles. The van der Waals surface area contributed by atoms with Crippen LogP contribution in [0, 0.1) is 24.1 Å². The second-order valence-electron chi connectivity index (χ2n) is 4.54. The van der Waals surface area contributed by atoms with Gasteiger partial charge >= 0.3 is 0 Å². The van der Waals surface area contributed by atoms with E-state index in [2.05, 4.69) is 4.72 Å². The molecule has 0 aliphatic heterocycles. The maximum absolute atomic E-state index is 13.4. The standard InChI is InChI=1S/C15H13FN2O2S/c1-11-14(16)7-4-8-15(11)18-21(19,20)10-13-6-3-2-5-12(13)9-17/h2-8,18H,10H2,1H3. The van der Waals surface area contributed by atoms with Gasteiger partial charge in [0.15, 0.2) is 0 Å². The first kappa shape index (κ1) is 15.0. The smallest absolute Gasteiger partial charge is 0.236 e. The summed E-state index contributed by atoms with van der Waals surface area (Å²) in [5, 5.41) is 8.97. The normalized spacial score (nSPS) is 10.9. The van der Waals surface area contributed by atoms with Crippen LogP contribution in [0.4, 0.5) is 10.1 Å². The molecule has 0 fully saturated rings. The van der Waals surface area contributed by atoms with Crippen molar-refractivity contribution >= 4 is 15.7 Å². The first-order valence-corrected chi connectivity index (χ1v) is 7.82.